The first kappa shape index (κ1) is 12.4. The molecule has 1 saturated heterocycles. The molecular weight excluding hydrogens is 240 g/mol. The van der Waals surface area contributed by atoms with Gasteiger partial charge in [-0.2, -0.15) is 0 Å². The summed E-state index contributed by atoms with van der Waals surface area (Å²) in [7, 11) is 0. The minimum Gasteiger partial charge on any atom is -0.361 e. The number of nitrogens with zero attached hydrogens (tertiary/aromatic N) is 3. The van der Waals surface area contributed by atoms with Gasteiger partial charge in [-0.1, -0.05) is 5.16 Å². The molecule has 0 radical (unpaired) electrons. The van der Waals surface area contributed by atoms with Crippen LogP contribution < -0.4 is 5.32 Å². The molecule has 2 aromatic rings. The zero-order valence-corrected chi connectivity index (χ0v) is 11.7. The molecule has 102 valence electrons. The highest BCUT2D eigenvalue weighted by Crippen LogP contribution is 2.30. The van der Waals surface area contributed by atoms with Crippen LogP contribution in [-0.2, 0) is 0 Å². The van der Waals surface area contributed by atoms with Crippen LogP contribution in [0.4, 0.5) is 0 Å². The van der Waals surface area contributed by atoms with Crippen molar-refractivity contribution in [3.05, 3.63) is 35.2 Å². The van der Waals surface area contributed by atoms with E-state index in [1.54, 1.807) is 0 Å². The number of hydrogen-bond donors (Lipinski definition) is 1. The van der Waals surface area contributed by atoms with E-state index in [1.807, 2.05) is 26.4 Å². The molecule has 19 heavy (non-hydrogen) atoms. The Kier molecular flexibility index (Phi) is 3.14. The van der Waals surface area contributed by atoms with E-state index in [-0.39, 0.29) is 6.04 Å². The van der Waals surface area contributed by atoms with Crippen LogP contribution in [0.15, 0.2) is 17.0 Å². The topological polar surface area (TPSA) is 55.9 Å². The van der Waals surface area contributed by atoms with Gasteiger partial charge in [0, 0.05) is 17.8 Å². The highest BCUT2D eigenvalue weighted by atomic mass is 16.5. The molecule has 0 spiro atoms. The van der Waals surface area contributed by atoms with E-state index < -0.39 is 0 Å². The van der Waals surface area contributed by atoms with E-state index >= 15 is 0 Å². The Morgan fingerprint density at radius 3 is 2.95 bits per heavy atom. The molecule has 1 aliphatic heterocycles. The molecule has 2 unspecified atom stereocenters. The van der Waals surface area contributed by atoms with E-state index in [1.165, 1.54) is 18.5 Å². The van der Waals surface area contributed by atoms with Crippen LogP contribution in [0.1, 0.15) is 54.6 Å². The van der Waals surface area contributed by atoms with Crippen LogP contribution in [0.2, 0.25) is 0 Å². The van der Waals surface area contributed by atoms with Crippen LogP contribution in [0.5, 0.6) is 0 Å². The fourth-order valence-electron chi connectivity index (χ4n) is 3.07. The normalized spacial score (nSPS) is 20.9. The summed E-state index contributed by atoms with van der Waals surface area (Å²) in [6.07, 6.45) is 6.29. The summed E-state index contributed by atoms with van der Waals surface area (Å²) in [4.78, 5) is 4.33. The summed E-state index contributed by atoms with van der Waals surface area (Å²) < 4.78 is 7.51. The predicted molar refractivity (Wildman–Crippen MR) is 72.0 cm³/mol. The third-order valence-corrected chi connectivity index (χ3v) is 4.04. The molecule has 5 heteroatoms. The lowest BCUT2D eigenvalue weighted by Crippen LogP contribution is -2.19. The Morgan fingerprint density at radius 2 is 2.32 bits per heavy atom. The van der Waals surface area contributed by atoms with Crippen molar-refractivity contribution < 1.29 is 4.52 Å². The van der Waals surface area contributed by atoms with Crippen LogP contribution in [0.3, 0.4) is 0 Å². The molecule has 0 aromatic carbocycles. The average molecular weight is 260 g/mol. The van der Waals surface area contributed by atoms with E-state index in [9.17, 15) is 0 Å². The lowest BCUT2D eigenvalue weighted by Gasteiger charge is -2.19. The lowest BCUT2D eigenvalue weighted by atomic mass is 10.1. The van der Waals surface area contributed by atoms with Crippen LogP contribution in [0, 0.1) is 13.8 Å². The summed E-state index contributed by atoms with van der Waals surface area (Å²) in [5.41, 5.74) is 3.38. The molecule has 5 nitrogen and oxygen atoms in total. The van der Waals surface area contributed by atoms with Crippen molar-refractivity contribution in [2.45, 2.75) is 45.7 Å². The minimum atomic E-state index is 0.200. The first-order valence-electron chi connectivity index (χ1n) is 6.86. The monoisotopic (exact) mass is 260 g/mol. The number of aryl methyl sites for hydroxylation is 2. The summed E-state index contributed by atoms with van der Waals surface area (Å²) >= 11 is 0. The molecule has 2 atom stereocenters. The summed E-state index contributed by atoms with van der Waals surface area (Å²) in [5, 5.41) is 7.58. The van der Waals surface area contributed by atoms with Crippen molar-refractivity contribution >= 4 is 0 Å². The number of rotatable bonds is 3. The van der Waals surface area contributed by atoms with Crippen molar-refractivity contribution in [3.8, 4) is 0 Å². The van der Waals surface area contributed by atoms with Crippen molar-refractivity contribution in [2.24, 2.45) is 0 Å². The standard InChI is InChI=1S/C14H20N4O/c1-9-14(11(3)19-17-9)10(2)18-8-15-7-13(18)12-5-4-6-16-12/h7-8,10,12,16H,4-6H2,1-3H3. The van der Waals surface area contributed by atoms with Gasteiger partial charge in [-0.3, -0.25) is 0 Å². The second-order valence-electron chi connectivity index (χ2n) is 5.29. The largest absolute Gasteiger partial charge is 0.361 e. The summed E-state index contributed by atoms with van der Waals surface area (Å²) in [6, 6.07) is 0.622. The molecule has 2 aromatic heterocycles. The quantitative estimate of drug-likeness (QED) is 0.921. The number of nitrogens with one attached hydrogen (secondary N) is 1. The minimum absolute atomic E-state index is 0.200. The molecule has 1 aliphatic rings. The highest BCUT2D eigenvalue weighted by Gasteiger charge is 2.24. The molecule has 0 aliphatic carbocycles. The Bertz CT molecular complexity index is 546. The van der Waals surface area contributed by atoms with Crippen LogP contribution in [0.25, 0.3) is 0 Å². The van der Waals surface area contributed by atoms with Gasteiger partial charge in [-0.25, -0.2) is 4.98 Å². The lowest BCUT2D eigenvalue weighted by molar-refractivity contribution is 0.390. The molecule has 3 rings (SSSR count). The molecular formula is C14H20N4O. The second-order valence-corrected chi connectivity index (χ2v) is 5.29. The first-order valence-corrected chi connectivity index (χ1v) is 6.86. The van der Waals surface area contributed by atoms with E-state index in [2.05, 4.69) is 26.9 Å². The molecule has 0 amide bonds. The van der Waals surface area contributed by atoms with Gasteiger partial charge in [0.25, 0.3) is 0 Å². The van der Waals surface area contributed by atoms with E-state index in [0.29, 0.717) is 6.04 Å². The van der Waals surface area contributed by atoms with Crippen molar-refractivity contribution in [2.75, 3.05) is 6.54 Å². The molecule has 3 heterocycles. The Hall–Kier alpha value is -1.62. The summed E-state index contributed by atoms with van der Waals surface area (Å²) in [5.74, 6) is 0.893. The maximum Gasteiger partial charge on any atom is 0.139 e. The molecule has 0 saturated carbocycles. The third-order valence-electron chi connectivity index (χ3n) is 4.04. The van der Waals surface area contributed by atoms with Gasteiger partial charge in [-0.15, -0.1) is 0 Å². The fraction of sp³-hybridized carbons (Fsp3) is 0.571. The number of hydrogen-bond acceptors (Lipinski definition) is 4. The maximum atomic E-state index is 5.28. The highest BCUT2D eigenvalue weighted by molar-refractivity contribution is 5.26. The zero-order valence-electron chi connectivity index (χ0n) is 11.7. The van der Waals surface area contributed by atoms with Gasteiger partial charge in [0.15, 0.2) is 0 Å². The van der Waals surface area contributed by atoms with Gasteiger partial charge in [0.05, 0.1) is 23.8 Å². The fourth-order valence-corrected chi connectivity index (χ4v) is 3.07. The SMILES string of the molecule is Cc1noc(C)c1C(C)n1cncc1C1CCCN1. The van der Waals surface area contributed by atoms with Gasteiger partial charge in [-0.05, 0) is 40.2 Å². The Labute approximate surface area is 113 Å². The van der Waals surface area contributed by atoms with Gasteiger partial charge in [0.1, 0.15) is 5.76 Å². The van der Waals surface area contributed by atoms with Crippen molar-refractivity contribution in [3.63, 3.8) is 0 Å². The number of aromatic nitrogens is 3. The van der Waals surface area contributed by atoms with Crippen molar-refractivity contribution in [1.29, 1.82) is 0 Å². The van der Waals surface area contributed by atoms with Crippen LogP contribution in [-0.4, -0.2) is 21.3 Å². The Balaban J connectivity index is 1.96. The van der Waals surface area contributed by atoms with Crippen molar-refractivity contribution in [1.82, 2.24) is 20.0 Å². The third kappa shape index (κ3) is 2.08. The predicted octanol–water partition coefficient (Wildman–Crippen LogP) is 2.52. The van der Waals surface area contributed by atoms with E-state index in [4.69, 9.17) is 4.52 Å². The van der Waals surface area contributed by atoms with Gasteiger partial charge in [0.2, 0.25) is 0 Å². The van der Waals surface area contributed by atoms with Crippen LogP contribution >= 0.6 is 0 Å². The average Bonchev–Trinajstić information content (AvgIpc) is 3.08. The molecule has 0 bridgehead atoms. The zero-order chi connectivity index (χ0) is 13.4. The molecule has 1 fully saturated rings. The van der Waals surface area contributed by atoms with E-state index in [0.717, 1.165) is 23.6 Å². The first-order chi connectivity index (χ1) is 9.18. The van der Waals surface area contributed by atoms with Gasteiger partial charge >= 0.3 is 0 Å². The second kappa shape index (κ2) is 4.81. The summed E-state index contributed by atoms with van der Waals surface area (Å²) in [6.45, 7) is 7.23. The Morgan fingerprint density at radius 1 is 1.47 bits per heavy atom. The maximum absolute atomic E-state index is 5.28. The van der Waals surface area contributed by atoms with Gasteiger partial charge < -0.3 is 14.4 Å². The smallest absolute Gasteiger partial charge is 0.139 e. The molecule has 1 N–H and O–H groups in total. The number of imidazole rings is 1.